The minimum atomic E-state index is 0.0202. The van der Waals surface area contributed by atoms with Gasteiger partial charge >= 0.3 is 5.95 Å². The predicted octanol–water partition coefficient (Wildman–Crippen LogP) is 1.14. The SMILES string of the molecule is COc1ccc(OO)o1. The van der Waals surface area contributed by atoms with E-state index in [0.29, 0.717) is 5.95 Å². The Labute approximate surface area is 51.5 Å². The lowest BCUT2D eigenvalue weighted by Crippen LogP contribution is -1.78. The predicted molar refractivity (Wildman–Crippen MR) is 28.5 cm³/mol. The highest BCUT2D eigenvalue weighted by Gasteiger charge is 1.99. The number of ether oxygens (including phenoxy) is 1. The maximum Gasteiger partial charge on any atom is 0.324 e. The van der Waals surface area contributed by atoms with Gasteiger partial charge in [-0.05, 0) is 0 Å². The summed E-state index contributed by atoms with van der Waals surface area (Å²) in [5.74, 6) is 0.325. The van der Waals surface area contributed by atoms with Crippen molar-refractivity contribution in [1.82, 2.24) is 0 Å². The molecule has 1 N–H and O–H groups in total. The van der Waals surface area contributed by atoms with Crippen molar-refractivity contribution in [1.29, 1.82) is 0 Å². The summed E-state index contributed by atoms with van der Waals surface area (Å²) in [5, 5.41) is 8.00. The van der Waals surface area contributed by atoms with Crippen molar-refractivity contribution < 1.29 is 19.3 Å². The largest absolute Gasteiger partial charge is 0.468 e. The standard InChI is InChI=1S/C5H6O4/c1-7-4-2-3-5(8-4)9-6/h2-3,6H,1H3. The molecule has 0 aliphatic rings. The highest BCUT2D eigenvalue weighted by Crippen LogP contribution is 2.20. The normalized spacial score (nSPS) is 9.11. The molecule has 0 saturated heterocycles. The van der Waals surface area contributed by atoms with Crippen LogP contribution in [0.15, 0.2) is 16.5 Å². The van der Waals surface area contributed by atoms with Crippen LogP contribution >= 0.6 is 0 Å². The van der Waals surface area contributed by atoms with Gasteiger partial charge in [-0.15, -0.1) is 0 Å². The molecule has 50 valence electrons. The van der Waals surface area contributed by atoms with Crippen LogP contribution in [0, 0.1) is 0 Å². The molecule has 1 aromatic rings. The zero-order valence-corrected chi connectivity index (χ0v) is 4.83. The van der Waals surface area contributed by atoms with Crippen molar-refractivity contribution in [2.24, 2.45) is 0 Å². The zero-order chi connectivity index (χ0) is 6.69. The van der Waals surface area contributed by atoms with Crippen molar-refractivity contribution in [3.8, 4) is 11.9 Å². The Morgan fingerprint density at radius 2 is 2.11 bits per heavy atom. The van der Waals surface area contributed by atoms with E-state index in [1.807, 2.05) is 0 Å². The summed E-state index contributed by atoms with van der Waals surface area (Å²) >= 11 is 0. The molecule has 0 saturated carbocycles. The van der Waals surface area contributed by atoms with Crippen molar-refractivity contribution in [2.75, 3.05) is 7.11 Å². The molecule has 0 aromatic carbocycles. The number of rotatable bonds is 2. The highest BCUT2D eigenvalue weighted by molar-refractivity contribution is 5.14. The van der Waals surface area contributed by atoms with E-state index < -0.39 is 0 Å². The average Bonchev–Trinajstić information content (AvgIpc) is 2.34. The lowest BCUT2D eigenvalue weighted by molar-refractivity contribution is -0.155. The molecule has 4 heteroatoms. The maximum absolute atomic E-state index is 8.00. The average molecular weight is 130 g/mol. The second kappa shape index (κ2) is 2.41. The first-order valence-corrected chi connectivity index (χ1v) is 2.32. The van der Waals surface area contributed by atoms with Crippen molar-refractivity contribution in [2.45, 2.75) is 0 Å². The molecule has 9 heavy (non-hydrogen) atoms. The summed E-state index contributed by atoms with van der Waals surface area (Å²) in [6.07, 6.45) is 0. The molecular formula is C5H6O4. The van der Waals surface area contributed by atoms with Crippen molar-refractivity contribution in [3.63, 3.8) is 0 Å². The van der Waals surface area contributed by atoms with E-state index in [1.165, 1.54) is 19.2 Å². The van der Waals surface area contributed by atoms with Gasteiger partial charge in [0, 0.05) is 12.1 Å². The van der Waals surface area contributed by atoms with Gasteiger partial charge in [-0.1, -0.05) is 0 Å². The van der Waals surface area contributed by atoms with Crippen LogP contribution in [0.2, 0.25) is 0 Å². The van der Waals surface area contributed by atoms with Gasteiger partial charge in [0.15, 0.2) is 0 Å². The molecule has 0 radical (unpaired) electrons. The molecule has 1 rings (SSSR count). The fourth-order valence-electron chi connectivity index (χ4n) is 0.462. The lowest BCUT2D eigenvalue weighted by Gasteiger charge is -1.89. The van der Waals surface area contributed by atoms with Crippen LogP contribution in [-0.4, -0.2) is 12.4 Å². The summed E-state index contributed by atoms with van der Waals surface area (Å²) in [4.78, 5) is 3.75. The van der Waals surface area contributed by atoms with Gasteiger partial charge in [-0.2, -0.15) is 5.26 Å². The molecule has 0 bridgehead atoms. The summed E-state index contributed by atoms with van der Waals surface area (Å²) in [7, 11) is 1.46. The number of furan rings is 1. The summed E-state index contributed by atoms with van der Waals surface area (Å²) in [5.41, 5.74) is 0. The van der Waals surface area contributed by atoms with E-state index in [4.69, 9.17) is 5.26 Å². The number of hydrogen-bond acceptors (Lipinski definition) is 4. The van der Waals surface area contributed by atoms with Crippen LogP contribution in [0.25, 0.3) is 0 Å². The zero-order valence-electron chi connectivity index (χ0n) is 4.83. The fraction of sp³-hybridized carbons (Fsp3) is 0.200. The fourth-order valence-corrected chi connectivity index (χ4v) is 0.462. The van der Waals surface area contributed by atoms with E-state index >= 15 is 0 Å². The van der Waals surface area contributed by atoms with Gasteiger partial charge < -0.3 is 14.0 Å². The van der Waals surface area contributed by atoms with Gasteiger partial charge in [-0.3, -0.25) is 0 Å². The third-order valence-electron chi connectivity index (χ3n) is 0.848. The molecule has 0 aliphatic carbocycles. The Bertz CT molecular complexity index is 162. The van der Waals surface area contributed by atoms with Gasteiger partial charge in [0.25, 0.3) is 5.95 Å². The topological polar surface area (TPSA) is 51.8 Å². The van der Waals surface area contributed by atoms with Crippen molar-refractivity contribution in [3.05, 3.63) is 12.1 Å². The molecular weight excluding hydrogens is 124 g/mol. The van der Waals surface area contributed by atoms with Crippen molar-refractivity contribution >= 4 is 0 Å². The molecule has 0 atom stereocenters. The molecule has 4 nitrogen and oxygen atoms in total. The molecule has 0 spiro atoms. The molecule has 0 amide bonds. The molecule has 0 fully saturated rings. The lowest BCUT2D eigenvalue weighted by atomic mass is 10.6. The summed E-state index contributed by atoms with van der Waals surface area (Å²) in [6, 6.07) is 2.98. The van der Waals surface area contributed by atoms with E-state index in [0.717, 1.165) is 0 Å². The maximum atomic E-state index is 8.00. The highest BCUT2D eigenvalue weighted by atomic mass is 17.1. The molecule has 0 aliphatic heterocycles. The Balaban J connectivity index is 2.74. The van der Waals surface area contributed by atoms with E-state index in [-0.39, 0.29) is 5.95 Å². The van der Waals surface area contributed by atoms with E-state index in [2.05, 4.69) is 14.0 Å². The Morgan fingerprint density at radius 1 is 1.44 bits per heavy atom. The first-order valence-electron chi connectivity index (χ1n) is 2.32. The first kappa shape index (κ1) is 5.97. The quantitative estimate of drug-likeness (QED) is 0.481. The Morgan fingerprint density at radius 3 is 2.44 bits per heavy atom. The van der Waals surface area contributed by atoms with Gasteiger partial charge in [0.2, 0.25) is 0 Å². The van der Waals surface area contributed by atoms with Crippen LogP contribution in [0.5, 0.6) is 11.9 Å². The van der Waals surface area contributed by atoms with Crippen LogP contribution in [0.1, 0.15) is 0 Å². The molecule has 1 heterocycles. The Kier molecular flexibility index (Phi) is 1.60. The van der Waals surface area contributed by atoms with E-state index in [9.17, 15) is 0 Å². The minimum Gasteiger partial charge on any atom is -0.468 e. The van der Waals surface area contributed by atoms with Gasteiger partial charge in [0.05, 0.1) is 7.11 Å². The second-order valence-electron chi connectivity index (χ2n) is 1.37. The molecule has 1 aromatic heterocycles. The minimum absolute atomic E-state index is 0.0202. The summed E-state index contributed by atoms with van der Waals surface area (Å²) < 4.78 is 9.33. The third kappa shape index (κ3) is 1.14. The first-order chi connectivity index (χ1) is 4.36. The second-order valence-corrected chi connectivity index (χ2v) is 1.37. The van der Waals surface area contributed by atoms with Gasteiger partial charge in [0.1, 0.15) is 0 Å². The number of hydrogen-bond donors (Lipinski definition) is 1. The summed E-state index contributed by atoms with van der Waals surface area (Å²) in [6.45, 7) is 0. The third-order valence-corrected chi connectivity index (χ3v) is 0.848. The Hall–Kier alpha value is -1.16. The van der Waals surface area contributed by atoms with E-state index in [1.54, 1.807) is 0 Å². The van der Waals surface area contributed by atoms with Gasteiger partial charge in [-0.25, -0.2) is 0 Å². The monoisotopic (exact) mass is 130 g/mol. The number of methoxy groups -OCH3 is 1. The van der Waals surface area contributed by atoms with Crippen LogP contribution in [0.3, 0.4) is 0 Å². The molecule has 0 unspecified atom stereocenters. The van der Waals surface area contributed by atoms with Crippen LogP contribution in [-0.2, 0) is 0 Å². The smallest absolute Gasteiger partial charge is 0.324 e. The van der Waals surface area contributed by atoms with Crippen LogP contribution in [0.4, 0.5) is 0 Å². The van der Waals surface area contributed by atoms with Crippen LogP contribution < -0.4 is 9.62 Å².